The Labute approximate surface area is 241 Å². The van der Waals surface area contributed by atoms with Crippen LogP contribution in [0.1, 0.15) is 33.9 Å². The summed E-state index contributed by atoms with van der Waals surface area (Å²) in [7, 11) is -4.14. The van der Waals surface area contributed by atoms with Crippen molar-refractivity contribution in [3.05, 3.63) is 87.7 Å². The molecule has 0 bridgehead atoms. The van der Waals surface area contributed by atoms with Gasteiger partial charge in [-0.15, -0.1) is 0 Å². The lowest BCUT2D eigenvalue weighted by molar-refractivity contribution is -0.149. The number of halogens is 1. The second kappa shape index (κ2) is 12.8. The maximum Gasteiger partial charge on any atom is 0.544 e. The fourth-order valence-electron chi connectivity index (χ4n) is 4.34. The highest BCUT2D eigenvalue weighted by Gasteiger charge is 2.57. The summed E-state index contributed by atoms with van der Waals surface area (Å²) in [5.74, 6) is -0.482. The van der Waals surface area contributed by atoms with Crippen molar-refractivity contribution in [3.8, 4) is 16.9 Å². The number of esters is 1. The summed E-state index contributed by atoms with van der Waals surface area (Å²) >= 11 is 0. The van der Waals surface area contributed by atoms with E-state index in [1.54, 1.807) is 38.1 Å². The maximum absolute atomic E-state index is 15.6. The zero-order valence-corrected chi connectivity index (χ0v) is 24.4. The lowest BCUT2D eigenvalue weighted by atomic mass is 9.98. The number of alkyl halides is 1. The summed E-state index contributed by atoms with van der Waals surface area (Å²) in [6.45, 7) is 5.22. The third-order valence-corrected chi connectivity index (χ3v) is 8.16. The minimum absolute atomic E-state index is 0.198. The van der Waals surface area contributed by atoms with E-state index >= 15 is 4.39 Å². The Balaban J connectivity index is 1.54. The van der Waals surface area contributed by atoms with Gasteiger partial charge in [-0.1, -0.05) is 47.6 Å². The van der Waals surface area contributed by atoms with Crippen LogP contribution in [0, 0.1) is 0 Å². The van der Waals surface area contributed by atoms with Crippen molar-refractivity contribution in [3.63, 3.8) is 0 Å². The van der Waals surface area contributed by atoms with Gasteiger partial charge in [0.05, 0.1) is 6.10 Å². The molecule has 0 aliphatic carbocycles. The number of aromatic amines is 1. The highest BCUT2D eigenvalue weighted by atomic mass is 31.2. The molecular formula is C28H34FN3O9P+. The molecular weight excluding hydrogens is 572 g/mol. The summed E-state index contributed by atoms with van der Waals surface area (Å²) < 4.78 is 38.8. The zero-order valence-electron chi connectivity index (χ0n) is 23.5. The lowest BCUT2D eigenvalue weighted by Gasteiger charge is -2.24. The van der Waals surface area contributed by atoms with Gasteiger partial charge in [-0.25, -0.2) is 9.18 Å². The summed E-state index contributed by atoms with van der Waals surface area (Å²) in [5.41, 5.74) is -2.25. The molecule has 42 heavy (non-hydrogen) atoms. The largest absolute Gasteiger partial charge is 0.544 e. The molecule has 1 saturated heterocycles. The predicted octanol–water partition coefficient (Wildman–Crippen LogP) is 2.89. The SMILES string of the molecule is CC(C)OC(=O)[C@H](C)N[P+](O)(OCC1O[C@@H](n2ccc(=O)[nH]c2=O)[C@](C)(F)[C@@H]1O)Oc1ccc(-c2ccccc2)cc1. The monoisotopic (exact) mass is 606 g/mol. The molecule has 14 heteroatoms. The molecule has 0 spiro atoms. The van der Waals surface area contributed by atoms with Crippen LogP contribution in [-0.2, 0) is 18.8 Å². The molecule has 0 amide bonds. The van der Waals surface area contributed by atoms with Crippen LogP contribution >= 0.6 is 8.09 Å². The van der Waals surface area contributed by atoms with Gasteiger partial charge in [-0.2, -0.15) is 9.42 Å². The number of nitrogens with zero attached hydrogens (tertiary/aromatic N) is 1. The predicted molar refractivity (Wildman–Crippen MR) is 152 cm³/mol. The van der Waals surface area contributed by atoms with Crippen molar-refractivity contribution in [1.29, 1.82) is 0 Å². The molecule has 2 aromatic carbocycles. The molecule has 0 saturated carbocycles. The minimum atomic E-state index is -4.14. The molecule has 2 unspecified atom stereocenters. The third kappa shape index (κ3) is 7.30. The van der Waals surface area contributed by atoms with E-state index in [2.05, 4.69) is 5.09 Å². The average molecular weight is 607 g/mol. The van der Waals surface area contributed by atoms with E-state index < -0.39 is 68.2 Å². The van der Waals surface area contributed by atoms with Crippen molar-refractivity contribution < 1.29 is 37.7 Å². The van der Waals surface area contributed by atoms with Gasteiger partial charge in [0.15, 0.2) is 17.6 Å². The van der Waals surface area contributed by atoms with Crippen LogP contribution in [-0.4, -0.2) is 62.1 Å². The van der Waals surface area contributed by atoms with E-state index in [1.807, 2.05) is 35.3 Å². The van der Waals surface area contributed by atoms with E-state index in [1.165, 1.54) is 6.92 Å². The average Bonchev–Trinajstić information content (AvgIpc) is 3.16. The topological polar surface area (TPSA) is 161 Å². The third-order valence-electron chi connectivity index (χ3n) is 6.49. The normalized spacial score (nSPS) is 24.2. The first-order chi connectivity index (χ1) is 19.8. The second-order valence-corrected chi connectivity index (χ2v) is 12.0. The fourth-order valence-corrected chi connectivity index (χ4v) is 5.87. The summed E-state index contributed by atoms with van der Waals surface area (Å²) in [6, 6.07) is 16.3. The number of nitrogens with one attached hydrogen (secondary N) is 2. The van der Waals surface area contributed by atoms with Crippen LogP contribution in [0.15, 0.2) is 76.4 Å². The van der Waals surface area contributed by atoms with Crippen LogP contribution in [0.5, 0.6) is 5.75 Å². The molecule has 6 atom stereocenters. The molecule has 4 rings (SSSR count). The number of H-pyrrole nitrogens is 1. The molecule has 226 valence electrons. The quantitative estimate of drug-likeness (QED) is 0.189. The molecule has 4 N–H and O–H groups in total. The Morgan fingerprint density at radius 3 is 2.38 bits per heavy atom. The van der Waals surface area contributed by atoms with Crippen LogP contribution in [0.25, 0.3) is 11.1 Å². The Morgan fingerprint density at radius 2 is 1.76 bits per heavy atom. The first kappa shape index (κ1) is 31.5. The van der Waals surface area contributed by atoms with Crippen LogP contribution in [0.3, 0.4) is 0 Å². The Kier molecular flexibility index (Phi) is 9.61. The van der Waals surface area contributed by atoms with Gasteiger partial charge in [0.1, 0.15) is 24.9 Å². The zero-order chi connectivity index (χ0) is 30.7. The number of carbonyl (C=O) groups excluding carboxylic acids is 1. The number of aliphatic hydroxyl groups is 1. The fraction of sp³-hybridized carbons (Fsp3) is 0.393. The highest BCUT2D eigenvalue weighted by molar-refractivity contribution is 7.58. The smallest absolute Gasteiger partial charge is 0.462 e. The Morgan fingerprint density at radius 1 is 1.12 bits per heavy atom. The standard InChI is InChI=1S/C28H33FN3O9P/c1-17(2)39-25(35)18(3)31-42(37,41-21-12-10-20(11-13-21)19-8-6-5-7-9-19)38-16-22-24(34)28(4,29)26(40-22)32-15-14-23(33)30-27(32)36/h5-15,17-18,22,24,26,31,34,37H,16H2,1-4H3/p+1/t18-,22?,24+,26+,28+,42?/m0/s1. The van der Waals surface area contributed by atoms with E-state index in [4.69, 9.17) is 18.5 Å². The number of hydrogen-bond acceptors (Lipinski definition) is 10. The second-order valence-electron chi connectivity index (χ2n) is 10.3. The molecule has 1 aliphatic heterocycles. The van der Waals surface area contributed by atoms with E-state index in [9.17, 15) is 24.4 Å². The number of benzene rings is 2. The van der Waals surface area contributed by atoms with Crippen LogP contribution < -0.4 is 20.9 Å². The molecule has 1 fully saturated rings. The Hall–Kier alpha value is -3.45. The van der Waals surface area contributed by atoms with Gasteiger partial charge < -0.3 is 14.6 Å². The van der Waals surface area contributed by atoms with Gasteiger partial charge in [-0.3, -0.25) is 23.7 Å². The molecule has 1 aliphatic rings. The number of aliphatic hydroxyl groups excluding tert-OH is 1. The van der Waals surface area contributed by atoms with E-state index in [0.29, 0.717) is 0 Å². The van der Waals surface area contributed by atoms with Crippen molar-refractivity contribution >= 4 is 14.1 Å². The molecule has 0 radical (unpaired) electrons. The number of hydrogen-bond donors (Lipinski definition) is 4. The van der Waals surface area contributed by atoms with Crippen LogP contribution in [0.4, 0.5) is 4.39 Å². The van der Waals surface area contributed by atoms with Crippen molar-refractivity contribution in [1.82, 2.24) is 14.6 Å². The van der Waals surface area contributed by atoms with E-state index in [0.717, 1.165) is 34.9 Å². The summed E-state index contributed by atoms with van der Waals surface area (Å²) in [5, 5.41) is 13.3. The Bertz CT molecular complexity index is 1480. The van der Waals surface area contributed by atoms with Gasteiger partial charge in [0, 0.05) is 12.3 Å². The van der Waals surface area contributed by atoms with Crippen molar-refractivity contribution in [2.45, 2.75) is 63.9 Å². The minimum Gasteiger partial charge on any atom is -0.462 e. The van der Waals surface area contributed by atoms with Gasteiger partial charge >= 0.3 is 19.8 Å². The van der Waals surface area contributed by atoms with E-state index in [-0.39, 0.29) is 5.75 Å². The molecule has 3 aromatic rings. The molecule has 2 heterocycles. The molecule has 12 nitrogen and oxygen atoms in total. The van der Waals surface area contributed by atoms with Gasteiger partial charge in [0.2, 0.25) is 0 Å². The highest BCUT2D eigenvalue weighted by Crippen LogP contribution is 2.54. The summed E-state index contributed by atoms with van der Waals surface area (Å²) in [4.78, 5) is 49.7. The van der Waals surface area contributed by atoms with Crippen molar-refractivity contribution in [2.75, 3.05) is 6.61 Å². The number of ether oxygens (including phenoxy) is 2. The van der Waals surface area contributed by atoms with Crippen LogP contribution in [0.2, 0.25) is 0 Å². The number of aromatic nitrogens is 2. The maximum atomic E-state index is 15.6. The van der Waals surface area contributed by atoms with Gasteiger partial charge in [-0.05, 0) is 51.0 Å². The first-order valence-corrected chi connectivity index (χ1v) is 14.8. The van der Waals surface area contributed by atoms with Gasteiger partial charge in [0.25, 0.3) is 5.56 Å². The number of carbonyl (C=O) groups is 1. The first-order valence-electron chi connectivity index (χ1n) is 13.2. The number of rotatable bonds is 11. The molecule has 1 aromatic heterocycles. The lowest BCUT2D eigenvalue weighted by Crippen LogP contribution is -2.44. The van der Waals surface area contributed by atoms with Crippen molar-refractivity contribution in [2.24, 2.45) is 0 Å². The summed E-state index contributed by atoms with van der Waals surface area (Å²) in [6.07, 6.45) is -4.16.